The van der Waals surface area contributed by atoms with Crippen molar-refractivity contribution in [1.29, 1.82) is 0 Å². The van der Waals surface area contributed by atoms with Crippen LogP contribution in [0.1, 0.15) is 25.7 Å². The van der Waals surface area contributed by atoms with Gasteiger partial charge in [0.1, 0.15) is 5.60 Å². The van der Waals surface area contributed by atoms with Crippen molar-refractivity contribution in [3.8, 4) is 0 Å². The van der Waals surface area contributed by atoms with E-state index in [0.29, 0.717) is 19.0 Å². The number of hydrogen-bond acceptors (Lipinski definition) is 3. The Morgan fingerprint density at radius 2 is 2.07 bits per heavy atom. The van der Waals surface area contributed by atoms with Crippen LogP contribution in [0.4, 0.5) is 0 Å². The molecule has 3 nitrogen and oxygen atoms in total. The summed E-state index contributed by atoms with van der Waals surface area (Å²) in [6.45, 7) is 1.18. The van der Waals surface area contributed by atoms with Crippen molar-refractivity contribution in [1.82, 2.24) is 4.90 Å². The van der Waals surface area contributed by atoms with Gasteiger partial charge in [0.2, 0.25) is 5.91 Å². The minimum atomic E-state index is -0.515. The number of rotatable bonds is 2. The largest absolute Gasteiger partial charge is 0.386 e. The summed E-state index contributed by atoms with van der Waals surface area (Å²) in [5.74, 6) is 1.87. The molecular weight excluding hydrogens is 210 g/mol. The molecule has 0 aromatic carbocycles. The van der Waals surface area contributed by atoms with Crippen LogP contribution in [0.5, 0.6) is 0 Å². The number of carbonyl (C=O) groups excluding carboxylic acids is 1. The molecule has 3 aliphatic rings. The number of hydrogen-bond donors (Lipinski definition) is 1. The second kappa shape index (κ2) is 3.39. The van der Waals surface area contributed by atoms with E-state index in [-0.39, 0.29) is 11.2 Å². The van der Waals surface area contributed by atoms with Gasteiger partial charge in [0.15, 0.2) is 0 Å². The van der Waals surface area contributed by atoms with Gasteiger partial charge in [-0.1, -0.05) is 0 Å². The van der Waals surface area contributed by atoms with Crippen molar-refractivity contribution >= 4 is 17.7 Å². The molecule has 0 radical (unpaired) electrons. The van der Waals surface area contributed by atoms with E-state index < -0.39 is 5.60 Å². The molecule has 1 saturated carbocycles. The molecule has 1 atom stereocenters. The first-order chi connectivity index (χ1) is 7.19. The molecule has 2 aliphatic heterocycles. The lowest BCUT2D eigenvalue weighted by molar-refractivity contribution is -0.158. The number of carbonyl (C=O) groups is 1. The maximum atomic E-state index is 12.0. The zero-order chi connectivity index (χ0) is 10.5. The summed E-state index contributed by atoms with van der Waals surface area (Å²) in [7, 11) is 0. The predicted octanol–water partition coefficient (Wildman–Crippen LogP) is 0.865. The minimum Gasteiger partial charge on any atom is -0.386 e. The van der Waals surface area contributed by atoms with Gasteiger partial charge in [0.05, 0.1) is 18.3 Å². The topological polar surface area (TPSA) is 40.5 Å². The first-order valence-corrected chi connectivity index (χ1v) is 6.87. The Hall–Kier alpha value is -0.220. The Balaban J connectivity index is 1.55. The highest BCUT2D eigenvalue weighted by molar-refractivity contribution is 8.00. The van der Waals surface area contributed by atoms with Gasteiger partial charge in [0.25, 0.3) is 0 Å². The van der Waals surface area contributed by atoms with Gasteiger partial charge in [-0.15, -0.1) is 11.8 Å². The van der Waals surface area contributed by atoms with Crippen molar-refractivity contribution < 1.29 is 9.90 Å². The van der Waals surface area contributed by atoms with Crippen molar-refractivity contribution in [2.75, 3.05) is 18.8 Å². The van der Waals surface area contributed by atoms with E-state index in [0.717, 1.165) is 25.0 Å². The van der Waals surface area contributed by atoms with Crippen LogP contribution in [0.15, 0.2) is 0 Å². The quantitative estimate of drug-likeness (QED) is 0.761. The van der Waals surface area contributed by atoms with Crippen LogP contribution in [0.2, 0.25) is 0 Å². The third-order valence-electron chi connectivity index (χ3n) is 3.78. The molecule has 0 aromatic heterocycles. The van der Waals surface area contributed by atoms with E-state index in [1.807, 2.05) is 4.90 Å². The van der Waals surface area contributed by atoms with Crippen LogP contribution in [0.25, 0.3) is 0 Å². The summed E-state index contributed by atoms with van der Waals surface area (Å²) in [6.07, 6.45) is 4.50. The standard InChI is InChI=1S/C11H17NO2S/c13-10(9-2-1-5-15-9)12-6-11(14,7-12)8-3-4-8/h8-9,14H,1-7H2. The maximum Gasteiger partial charge on any atom is 0.235 e. The summed E-state index contributed by atoms with van der Waals surface area (Å²) in [6, 6.07) is 0. The summed E-state index contributed by atoms with van der Waals surface area (Å²) in [5, 5.41) is 10.3. The third kappa shape index (κ3) is 1.68. The number of aliphatic hydroxyl groups is 1. The Labute approximate surface area is 94.2 Å². The summed E-state index contributed by atoms with van der Waals surface area (Å²) < 4.78 is 0. The van der Waals surface area contributed by atoms with Gasteiger partial charge in [-0.3, -0.25) is 4.79 Å². The molecule has 0 bridgehead atoms. The zero-order valence-electron chi connectivity index (χ0n) is 8.82. The molecule has 1 aliphatic carbocycles. The summed E-state index contributed by atoms with van der Waals surface area (Å²) in [4.78, 5) is 13.8. The Bertz CT molecular complexity index is 278. The SMILES string of the molecule is O=C(C1CCCS1)N1CC(O)(C2CC2)C1. The zero-order valence-corrected chi connectivity index (χ0v) is 9.63. The van der Waals surface area contributed by atoms with E-state index >= 15 is 0 Å². The predicted molar refractivity (Wildman–Crippen MR) is 59.7 cm³/mol. The Morgan fingerprint density at radius 3 is 2.60 bits per heavy atom. The molecule has 15 heavy (non-hydrogen) atoms. The molecule has 2 heterocycles. The van der Waals surface area contributed by atoms with Gasteiger partial charge in [-0.2, -0.15) is 0 Å². The molecule has 1 N–H and O–H groups in total. The van der Waals surface area contributed by atoms with Crippen LogP contribution in [-0.2, 0) is 4.79 Å². The fraction of sp³-hybridized carbons (Fsp3) is 0.909. The fourth-order valence-electron chi connectivity index (χ4n) is 2.63. The maximum absolute atomic E-state index is 12.0. The van der Waals surface area contributed by atoms with Gasteiger partial charge < -0.3 is 10.0 Å². The van der Waals surface area contributed by atoms with E-state index in [4.69, 9.17) is 0 Å². The molecule has 2 saturated heterocycles. The average molecular weight is 227 g/mol. The fourth-order valence-corrected chi connectivity index (χ4v) is 3.87. The van der Waals surface area contributed by atoms with E-state index in [9.17, 15) is 9.90 Å². The lowest BCUT2D eigenvalue weighted by atomic mass is 9.88. The smallest absolute Gasteiger partial charge is 0.235 e. The molecular formula is C11H17NO2S. The molecule has 3 rings (SSSR count). The molecule has 84 valence electrons. The lowest BCUT2D eigenvalue weighted by Crippen LogP contribution is -2.65. The van der Waals surface area contributed by atoms with Crippen molar-refractivity contribution in [2.45, 2.75) is 36.5 Å². The second-order valence-electron chi connectivity index (χ2n) is 5.07. The highest BCUT2D eigenvalue weighted by Gasteiger charge is 2.53. The van der Waals surface area contributed by atoms with Gasteiger partial charge in [-0.25, -0.2) is 0 Å². The normalized spacial score (nSPS) is 33.9. The average Bonchev–Trinajstić information content (AvgIpc) is 2.89. The lowest BCUT2D eigenvalue weighted by Gasteiger charge is -2.47. The van der Waals surface area contributed by atoms with Crippen molar-refractivity contribution in [3.63, 3.8) is 0 Å². The molecule has 3 fully saturated rings. The molecule has 1 amide bonds. The molecule has 4 heteroatoms. The van der Waals surface area contributed by atoms with E-state index in [1.54, 1.807) is 11.8 Å². The van der Waals surface area contributed by atoms with Gasteiger partial charge >= 0.3 is 0 Å². The van der Waals surface area contributed by atoms with E-state index in [2.05, 4.69) is 0 Å². The number of nitrogens with zero attached hydrogens (tertiary/aromatic N) is 1. The van der Waals surface area contributed by atoms with Crippen LogP contribution in [0, 0.1) is 5.92 Å². The monoisotopic (exact) mass is 227 g/mol. The number of amides is 1. The van der Waals surface area contributed by atoms with Gasteiger partial charge in [-0.05, 0) is 37.4 Å². The van der Waals surface area contributed by atoms with Crippen LogP contribution in [0.3, 0.4) is 0 Å². The van der Waals surface area contributed by atoms with Gasteiger partial charge in [0, 0.05) is 0 Å². The van der Waals surface area contributed by atoms with Crippen LogP contribution < -0.4 is 0 Å². The Morgan fingerprint density at radius 1 is 1.33 bits per heavy atom. The first-order valence-electron chi connectivity index (χ1n) is 5.82. The molecule has 1 unspecified atom stereocenters. The summed E-state index contributed by atoms with van der Waals surface area (Å²) in [5.41, 5.74) is -0.515. The van der Waals surface area contributed by atoms with Crippen LogP contribution in [-0.4, -0.2) is 45.6 Å². The minimum absolute atomic E-state index is 0.189. The first kappa shape index (κ1) is 9.97. The highest BCUT2D eigenvalue weighted by Crippen LogP contribution is 2.45. The number of thioether (sulfide) groups is 1. The van der Waals surface area contributed by atoms with E-state index in [1.165, 1.54) is 6.42 Å². The Kier molecular flexibility index (Phi) is 2.25. The summed E-state index contributed by atoms with van der Waals surface area (Å²) >= 11 is 1.78. The second-order valence-corrected chi connectivity index (χ2v) is 6.38. The molecule has 0 spiro atoms. The highest BCUT2D eigenvalue weighted by atomic mass is 32.2. The molecule has 0 aromatic rings. The number of likely N-dealkylation sites (tertiary alicyclic amines) is 1. The van der Waals surface area contributed by atoms with Crippen LogP contribution >= 0.6 is 11.8 Å². The van der Waals surface area contributed by atoms with Crippen molar-refractivity contribution in [2.24, 2.45) is 5.92 Å². The number of β-amino-alcohol motifs (C(OH)–C–C–N with tert-alkyl or cyclic N) is 1. The third-order valence-corrected chi connectivity index (χ3v) is 5.15. The van der Waals surface area contributed by atoms with Crippen molar-refractivity contribution in [3.05, 3.63) is 0 Å².